The Balaban J connectivity index is 2.60. The third kappa shape index (κ3) is 4.01. The summed E-state index contributed by atoms with van der Waals surface area (Å²) in [6, 6.07) is 8.45. The van der Waals surface area contributed by atoms with Gasteiger partial charge in [0.2, 0.25) is 5.91 Å². The second-order valence-corrected chi connectivity index (χ2v) is 5.22. The lowest BCUT2D eigenvalue weighted by Gasteiger charge is -2.23. The highest BCUT2D eigenvalue weighted by molar-refractivity contribution is 7.99. The van der Waals surface area contributed by atoms with Crippen molar-refractivity contribution in [2.24, 2.45) is 5.73 Å². The molecule has 3 atom stereocenters. The maximum Gasteiger partial charge on any atom is 0.241 e. The normalized spacial score (nSPS) is 15.8. The molecule has 18 heavy (non-hydrogen) atoms. The van der Waals surface area contributed by atoms with Crippen LogP contribution >= 0.6 is 11.8 Å². The summed E-state index contributed by atoms with van der Waals surface area (Å²) in [5, 5.41) is 12.0. The third-order valence-corrected chi connectivity index (χ3v) is 4.01. The van der Waals surface area contributed by atoms with Crippen LogP contribution in [0, 0.1) is 0 Å². The van der Waals surface area contributed by atoms with Gasteiger partial charge in [-0.05, 0) is 18.7 Å². The van der Waals surface area contributed by atoms with Crippen molar-refractivity contribution < 1.29 is 9.90 Å². The van der Waals surface area contributed by atoms with Gasteiger partial charge in [0.05, 0.1) is 6.61 Å². The van der Waals surface area contributed by atoms with Gasteiger partial charge in [-0.3, -0.25) is 4.79 Å². The van der Waals surface area contributed by atoms with E-state index in [1.54, 1.807) is 0 Å². The van der Waals surface area contributed by atoms with E-state index in [2.05, 4.69) is 5.32 Å². The van der Waals surface area contributed by atoms with Gasteiger partial charge in [0.15, 0.2) is 0 Å². The maximum absolute atomic E-state index is 12.0. The zero-order valence-electron chi connectivity index (χ0n) is 10.7. The standard InChI is InChI=1S/C13H20N2O2S/c1-9(11(8-16)18-2)15-13(17)12(14)10-6-4-3-5-7-10/h3-7,9,11-12,16H,8,14H2,1-2H3,(H,15,17)/t9?,11?,12-/m0/s1. The molecule has 0 spiro atoms. The Labute approximate surface area is 112 Å². The van der Waals surface area contributed by atoms with Crippen LogP contribution in [0.1, 0.15) is 18.5 Å². The molecule has 0 aliphatic carbocycles. The molecule has 1 aromatic rings. The molecule has 1 amide bonds. The molecule has 0 saturated heterocycles. The van der Waals surface area contributed by atoms with E-state index < -0.39 is 6.04 Å². The number of thioether (sulfide) groups is 1. The minimum absolute atomic E-state index is 0.0167. The fourth-order valence-electron chi connectivity index (χ4n) is 1.66. The Morgan fingerprint density at radius 1 is 1.44 bits per heavy atom. The van der Waals surface area contributed by atoms with E-state index in [9.17, 15) is 4.79 Å². The molecule has 0 aliphatic rings. The molecule has 1 aromatic carbocycles. The predicted molar refractivity (Wildman–Crippen MR) is 75.4 cm³/mol. The van der Waals surface area contributed by atoms with Crippen molar-refractivity contribution in [2.75, 3.05) is 12.9 Å². The lowest BCUT2D eigenvalue weighted by atomic mass is 10.1. The van der Waals surface area contributed by atoms with Gasteiger partial charge in [-0.2, -0.15) is 11.8 Å². The molecule has 0 heterocycles. The molecule has 2 unspecified atom stereocenters. The highest BCUT2D eigenvalue weighted by atomic mass is 32.2. The lowest BCUT2D eigenvalue weighted by Crippen LogP contribution is -2.45. The molecule has 0 fully saturated rings. The van der Waals surface area contributed by atoms with Gasteiger partial charge in [0.25, 0.3) is 0 Å². The van der Waals surface area contributed by atoms with Crippen molar-refractivity contribution >= 4 is 17.7 Å². The van der Waals surface area contributed by atoms with Crippen molar-refractivity contribution in [1.82, 2.24) is 5.32 Å². The summed E-state index contributed by atoms with van der Waals surface area (Å²) in [5.74, 6) is -0.221. The topological polar surface area (TPSA) is 75.3 Å². The number of hydrogen-bond donors (Lipinski definition) is 3. The van der Waals surface area contributed by atoms with Crippen LogP contribution in [0.4, 0.5) is 0 Å². The van der Waals surface area contributed by atoms with Crippen molar-refractivity contribution in [3.05, 3.63) is 35.9 Å². The second kappa shape index (κ2) is 7.41. The Morgan fingerprint density at radius 3 is 2.56 bits per heavy atom. The van der Waals surface area contributed by atoms with E-state index in [0.717, 1.165) is 5.56 Å². The van der Waals surface area contributed by atoms with Crippen molar-refractivity contribution in [3.8, 4) is 0 Å². The first-order valence-electron chi connectivity index (χ1n) is 5.84. The maximum atomic E-state index is 12.0. The number of aliphatic hydroxyl groups is 1. The molecule has 4 N–H and O–H groups in total. The number of carbonyl (C=O) groups excluding carboxylic acids is 1. The first-order chi connectivity index (χ1) is 8.60. The molecule has 0 radical (unpaired) electrons. The van der Waals surface area contributed by atoms with Gasteiger partial charge in [0, 0.05) is 11.3 Å². The Hall–Kier alpha value is -1.04. The van der Waals surface area contributed by atoms with Gasteiger partial charge in [-0.25, -0.2) is 0 Å². The van der Waals surface area contributed by atoms with E-state index in [1.807, 2.05) is 43.5 Å². The van der Waals surface area contributed by atoms with Gasteiger partial charge >= 0.3 is 0 Å². The number of hydrogen-bond acceptors (Lipinski definition) is 4. The SMILES string of the molecule is CSC(CO)C(C)NC(=O)[C@@H](N)c1ccccc1. The zero-order chi connectivity index (χ0) is 13.5. The van der Waals surface area contributed by atoms with E-state index in [-0.39, 0.29) is 23.8 Å². The van der Waals surface area contributed by atoms with Crippen LogP contribution in [-0.2, 0) is 4.79 Å². The average molecular weight is 268 g/mol. The smallest absolute Gasteiger partial charge is 0.241 e. The summed E-state index contributed by atoms with van der Waals surface area (Å²) in [4.78, 5) is 12.0. The van der Waals surface area contributed by atoms with Crippen LogP contribution in [0.15, 0.2) is 30.3 Å². The van der Waals surface area contributed by atoms with Crippen LogP contribution in [0.2, 0.25) is 0 Å². The van der Waals surface area contributed by atoms with Gasteiger partial charge in [0.1, 0.15) is 6.04 Å². The molecule has 0 saturated carbocycles. The van der Waals surface area contributed by atoms with E-state index in [4.69, 9.17) is 10.8 Å². The number of amides is 1. The Kier molecular flexibility index (Phi) is 6.18. The van der Waals surface area contributed by atoms with E-state index >= 15 is 0 Å². The number of benzene rings is 1. The lowest BCUT2D eigenvalue weighted by molar-refractivity contribution is -0.123. The zero-order valence-corrected chi connectivity index (χ0v) is 11.5. The summed E-state index contributed by atoms with van der Waals surface area (Å²) in [7, 11) is 0. The van der Waals surface area contributed by atoms with Crippen molar-refractivity contribution in [3.63, 3.8) is 0 Å². The monoisotopic (exact) mass is 268 g/mol. The minimum atomic E-state index is -0.671. The highest BCUT2D eigenvalue weighted by Gasteiger charge is 2.21. The van der Waals surface area contributed by atoms with Crippen LogP contribution in [0.5, 0.6) is 0 Å². The number of carbonyl (C=O) groups is 1. The van der Waals surface area contributed by atoms with Crippen LogP contribution in [0.3, 0.4) is 0 Å². The Bertz CT molecular complexity index is 369. The number of nitrogens with two attached hydrogens (primary N) is 1. The predicted octanol–water partition coefficient (Wildman–Crippen LogP) is 0.915. The molecule has 5 heteroatoms. The van der Waals surface area contributed by atoms with Crippen LogP contribution in [-0.4, -0.2) is 35.2 Å². The van der Waals surface area contributed by atoms with Gasteiger partial charge < -0.3 is 16.2 Å². The van der Waals surface area contributed by atoms with Crippen molar-refractivity contribution in [2.45, 2.75) is 24.3 Å². The molecule has 0 aromatic heterocycles. The minimum Gasteiger partial charge on any atom is -0.395 e. The van der Waals surface area contributed by atoms with E-state index in [0.29, 0.717) is 0 Å². The van der Waals surface area contributed by atoms with Crippen LogP contribution in [0.25, 0.3) is 0 Å². The number of aliphatic hydroxyl groups excluding tert-OH is 1. The van der Waals surface area contributed by atoms with Crippen LogP contribution < -0.4 is 11.1 Å². The molecular weight excluding hydrogens is 248 g/mol. The third-order valence-electron chi connectivity index (χ3n) is 2.85. The Morgan fingerprint density at radius 2 is 2.06 bits per heavy atom. The number of nitrogens with one attached hydrogen (secondary N) is 1. The first kappa shape index (κ1) is 15.0. The van der Waals surface area contributed by atoms with Gasteiger partial charge in [-0.15, -0.1) is 0 Å². The van der Waals surface area contributed by atoms with E-state index in [1.165, 1.54) is 11.8 Å². The summed E-state index contributed by atoms with van der Waals surface area (Å²) in [6.45, 7) is 1.90. The van der Waals surface area contributed by atoms with Crippen molar-refractivity contribution in [1.29, 1.82) is 0 Å². The summed E-state index contributed by atoms with van der Waals surface area (Å²) >= 11 is 1.52. The average Bonchev–Trinajstić information content (AvgIpc) is 2.40. The fourth-order valence-corrected chi connectivity index (χ4v) is 2.28. The number of rotatable bonds is 6. The molecule has 0 aliphatic heterocycles. The molecule has 0 bridgehead atoms. The summed E-state index contributed by atoms with van der Waals surface area (Å²) in [5.41, 5.74) is 6.67. The first-order valence-corrected chi connectivity index (χ1v) is 7.13. The van der Waals surface area contributed by atoms with Gasteiger partial charge in [-0.1, -0.05) is 30.3 Å². The largest absolute Gasteiger partial charge is 0.395 e. The molecule has 100 valence electrons. The molecule has 4 nitrogen and oxygen atoms in total. The summed E-state index contributed by atoms with van der Waals surface area (Å²) < 4.78 is 0. The molecule has 1 rings (SSSR count). The summed E-state index contributed by atoms with van der Waals surface area (Å²) in [6.07, 6.45) is 1.90. The molecular formula is C13H20N2O2S. The fraction of sp³-hybridized carbons (Fsp3) is 0.462. The quantitative estimate of drug-likeness (QED) is 0.717. The second-order valence-electron chi connectivity index (χ2n) is 4.14. The highest BCUT2D eigenvalue weighted by Crippen LogP contribution is 2.13.